The molecule has 2 N–H and O–H groups in total. The second kappa shape index (κ2) is 4.88. The van der Waals surface area contributed by atoms with Gasteiger partial charge in [-0.3, -0.25) is 4.79 Å². The van der Waals surface area contributed by atoms with Gasteiger partial charge in [0, 0.05) is 6.42 Å². The van der Waals surface area contributed by atoms with E-state index in [2.05, 4.69) is 0 Å². The minimum atomic E-state index is -0.863. The number of rotatable bonds is 3. The maximum Gasteiger partial charge on any atom is 0.169 e. The molecule has 92 valence electrons. The van der Waals surface area contributed by atoms with Crippen LogP contribution in [0.3, 0.4) is 0 Å². The molecule has 0 aliphatic heterocycles. The fraction of sp³-hybridized carbons (Fsp3) is 0.500. The van der Waals surface area contributed by atoms with E-state index in [1.54, 1.807) is 18.2 Å². The van der Waals surface area contributed by atoms with Gasteiger partial charge in [0.25, 0.3) is 0 Å². The largest absolute Gasteiger partial charge is 0.507 e. The van der Waals surface area contributed by atoms with Crippen LogP contribution in [-0.4, -0.2) is 21.6 Å². The molecule has 1 fully saturated rings. The molecule has 0 saturated heterocycles. The summed E-state index contributed by atoms with van der Waals surface area (Å²) in [5.74, 6) is -0.176. The molecule has 1 aliphatic rings. The third-order valence-corrected chi connectivity index (χ3v) is 3.48. The number of ketones is 1. The summed E-state index contributed by atoms with van der Waals surface area (Å²) in [6, 6.07) is 6.50. The van der Waals surface area contributed by atoms with E-state index in [1.807, 2.05) is 0 Å². The molecule has 0 unspecified atom stereocenters. The lowest BCUT2D eigenvalue weighted by Crippen LogP contribution is -2.34. The topological polar surface area (TPSA) is 57.5 Å². The van der Waals surface area contributed by atoms with Crippen molar-refractivity contribution in [3.63, 3.8) is 0 Å². The Balaban J connectivity index is 2.09. The van der Waals surface area contributed by atoms with E-state index in [4.69, 9.17) is 0 Å². The zero-order valence-corrected chi connectivity index (χ0v) is 9.85. The van der Waals surface area contributed by atoms with Crippen LogP contribution in [0.2, 0.25) is 0 Å². The number of carbonyl (C=O) groups is 1. The van der Waals surface area contributed by atoms with E-state index in [1.165, 1.54) is 6.07 Å². The molecule has 1 saturated carbocycles. The van der Waals surface area contributed by atoms with Gasteiger partial charge in [-0.25, -0.2) is 0 Å². The molecule has 0 atom stereocenters. The number of phenolic OH excluding ortho intramolecular Hbond substituents is 1. The lowest BCUT2D eigenvalue weighted by Gasteiger charge is -2.31. The molecule has 0 spiro atoms. The first-order chi connectivity index (χ1) is 8.11. The standard InChI is InChI=1S/C14H18O3/c15-12-7-3-2-6-11(12)13(16)10-14(17)8-4-1-5-9-14/h2-3,6-7,15,17H,1,4-5,8-10H2. The Morgan fingerprint density at radius 3 is 2.47 bits per heavy atom. The second-order valence-corrected chi connectivity index (χ2v) is 4.90. The highest BCUT2D eigenvalue weighted by Crippen LogP contribution is 2.32. The van der Waals surface area contributed by atoms with Gasteiger partial charge in [0.1, 0.15) is 5.75 Å². The molecule has 0 aromatic heterocycles. The molecular weight excluding hydrogens is 216 g/mol. The Hall–Kier alpha value is -1.35. The molecule has 1 aliphatic carbocycles. The lowest BCUT2D eigenvalue weighted by atomic mass is 9.80. The van der Waals surface area contributed by atoms with Crippen LogP contribution in [0.4, 0.5) is 0 Å². The number of para-hydroxylation sites is 1. The number of aromatic hydroxyl groups is 1. The number of hydrogen-bond donors (Lipinski definition) is 2. The van der Waals surface area contributed by atoms with E-state index in [-0.39, 0.29) is 18.0 Å². The van der Waals surface area contributed by atoms with Crippen molar-refractivity contribution in [3.8, 4) is 5.75 Å². The second-order valence-electron chi connectivity index (χ2n) is 4.90. The smallest absolute Gasteiger partial charge is 0.169 e. The zero-order chi connectivity index (χ0) is 12.3. The molecule has 3 heteroatoms. The van der Waals surface area contributed by atoms with Gasteiger partial charge in [-0.2, -0.15) is 0 Å². The number of carbonyl (C=O) groups excluding carboxylic acids is 1. The Bertz CT molecular complexity index is 406. The van der Waals surface area contributed by atoms with Gasteiger partial charge in [0.15, 0.2) is 5.78 Å². The molecule has 1 aromatic rings. The van der Waals surface area contributed by atoms with Gasteiger partial charge in [-0.1, -0.05) is 31.4 Å². The first-order valence-electron chi connectivity index (χ1n) is 6.14. The summed E-state index contributed by atoms with van der Waals surface area (Å²) in [6.07, 6.45) is 4.57. The predicted octanol–water partition coefficient (Wildman–Crippen LogP) is 2.66. The molecule has 3 nitrogen and oxygen atoms in total. The van der Waals surface area contributed by atoms with Crippen molar-refractivity contribution in [1.82, 2.24) is 0 Å². The highest BCUT2D eigenvalue weighted by molar-refractivity contribution is 5.99. The van der Waals surface area contributed by atoms with E-state index in [0.29, 0.717) is 18.4 Å². The first-order valence-corrected chi connectivity index (χ1v) is 6.14. The van der Waals surface area contributed by atoms with Gasteiger partial charge in [0.2, 0.25) is 0 Å². The van der Waals surface area contributed by atoms with Gasteiger partial charge in [-0.05, 0) is 25.0 Å². The fourth-order valence-electron chi connectivity index (χ4n) is 2.49. The Morgan fingerprint density at radius 2 is 1.82 bits per heavy atom. The average molecular weight is 234 g/mol. The van der Waals surface area contributed by atoms with Crippen LogP contribution in [0.15, 0.2) is 24.3 Å². The van der Waals surface area contributed by atoms with Gasteiger partial charge < -0.3 is 10.2 Å². The van der Waals surface area contributed by atoms with Crippen molar-refractivity contribution in [2.24, 2.45) is 0 Å². The molecule has 0 amide bonds. The monoisotopic (exact) mass is 234 g/mol. The van der Waals surface area contributed by atoms with E-state index >= 15 is 0 Å². The average Bonchev–Trinajstić information content (AvgIpc) is 2.29. The molecular formula is C14H18O3. The van der Waals surface area contributed by atoms with Crippen LogP contribution in [0, 0.1) is 0 Å². The molecule has 0 radical (unpaired) electrons. The zero-order valence-electron chi connectivity index (χ0n) is 9.85. The highest BCUT2D eigenvalue weighted by atomic mass is 16.3. The molecule has 0 heterocycles. The van der Waals surface area contributed by atoms with Crippen LogP contribution in [-0.2, 0) is 0 Å². The summed E-state index contributed by atoms with van der Waals surface area (Å²) >= 11 is 0. The summed E-state index contributed by atoms with van der Waals surface area (Å²) in [6.45, 7) is 0. The Morgan fingerprint density at radius 1 is 1.18 bits per heavy atom. The molecule has 17 heavy (non-hydrogen) atoms. The van der Waals surface area contributed by atoms with Crippen molar-refractivity contribution in [2.75, 3.05) is 0 Å². The van der Waals surface area contributed by atoms with Crippen LogP contribution >= 0.6 is 0 Å². The van der Waals surface area contributed by atoms with Crippen LogP contribution in [0.1, 0.15) is 48.9 Å². The van der Waals surface area contributed by atoms with Gasteiger partial charge in [-0.15, -0.1) is 0 Å². The molecule has 2 rings (SSSR count). The number of aliphatic hydroxyl groups is 1. The van der Waals surface area contributed by atoms with E-state index < -0.39 is 5.60 Å². The summed E-state index contributed by atoms with van der Waals surface area (Å²) in [5, 5.41) is 19.9. The lowest BCUT2D eigenvalue weighted by molar-refractivity contribution is 0.000290. The fourth-order valence-corrected chi connectivity index (χ4v) is 2.49. The third-order valence-electron chi connectivity index (χ3n) is 3.48. The number of hydrogen-bond acceptors (Lipinski definition) is 3. The van der Waals surface area contributed by atoms with Crippen LogP contribution < -0.4 is 0 Å². The number of Topliss-reactive ketones (excluding diaryl/α,β-unsaturated/α-hetero) is 1. The van der Waals surface area contributed by atoms with Gasteiger partial charge >= 0.3 is 0 Å². The molecule has 1 aromatic carbocycles. The van der Waals surface area contributed by atoms with Crippen LogP contribution in [0.5, 0.6) is 5.75 Å². The Kier molecular flexibility index (Phi) is 3.48. The summed E-state index contributed by atoms with van der Waals surface area (Å²) in [4.78, 5) is 12.0. The third kappa shape index (κ3) is 2.86. The maximum atomic E-state index is 12.0. The van der Waals surface area contributed by atoms with Crippen molar-refractivity contribution >= 4 is 5.78 Å². The van der Waals surface area contributed by atoms with Crippen molar-refractivity contribution in [2.45, 2.75) is 44.1 Å². The first kappa shape index (κ1) is 12.1. The SMILES string of the molecule is O=C(CC1(O)CCCCC1)c1ccccc1O. The maximum absolute atomic E-state index is 12.0. The van der Waals surface area contributed by atoms with E-state index in [0.717, 1.165) is 19.3 Å². The van der Waals surface area contributed by atoms with E-state index in [9.17, 15) is 15.0 Å². The normalized spacial score (nSPS) is 18.9. The van der Waals surface area contributed by atoms with Crippen LogP contribution in [0.25, 0.3) is 0 Å². The summed E-state index contributed by atoms with van der Waals surface area (Å²) in [7, 11) is 0. The van der Waals surface area contributed by atoms with Crippen molar-refractivity contribution < 1.29 is 15.0 Å². The van der Waals surface area contributed by atoms with Gasteiger partial charge in [0.05, 0.1) is 11.2 Å². The quantitative estimate of drug-likeness (QED) is 0.790. The van der Waals surface area contributed by atoms with Crippen molar-refractivity contribution in [3.05, 3.63) is 29.8 Å². The summed E-state index contributed by atoms with van der Waals surface area (Å²) in [5.41, 5.74) is -0.552. The predicted molar refractivity (Wildman–Crippen MR) is 65.1 cm³/mol. The minimum absolute atomic E-state index is 0.00286. The highest BCUT2D eigenvalue weighted by Gasteiger charge is 2.32. The molecule has 0 bridgehead atoms. The number of phenols is 1. The van der Waals surface area contributed by atoms with Crippen molar-refractivity contribution in [1.29, 1.82) is 0 Å². The number of benzene rings is 1. The summed E-state index contributed by atoms with van der Waals surface area (Å²) < 4.78 is 0. The Labute approximate surface area is 101 Å². The minimum Gasteiger partial charge on any atom is -0.507 e.